The van der Waals surface area contributed by atoms with E-state index in [1.165, 1.54) is 12.1 Å². The number of carbonyl (C=O) groups excluding carboxylic acids is 1. The van der Waals surface area contributed by atoms with Gasteiger partial charge in [0.2, 0.25) is 0 Å². The highest BCUT2D eigenvalue weighted by Gasteiger charge is 2.09. The molecule has 0 aliphatic carbocycles. The van der Waals surface area contributed by atoms with Crippen molar-refractivity contribution in [2.45, 2.75) is 13.5 Å². The summed E-state index contributed by atoms with van der Waals surface area (Å²) in [6.45, 7) is 2.02. The van der Waals surface area contributed by atoms with Crippen LogP contribution >= 0.6 is 0 Å². The maximum atomic E-state index is 11.0. The van der Waals surface area contributed by atoms with Crippen LogP contribution in [0.3, 0.4) is 0 Å². The molecule has 0 N–H and O–H groups in total. The number of nitrogens with zero attached hydrogens (tertiary/aromatic N) is 1. The number of carbonyl (C=O) groups is 1. The molecule has 2 rings (SSSR count). The number of nitro groups is 1. The van der Waals surface area contributed by atoms with Crippen LogP contribution in [-0.4, -0.2) is 11.2 Å². The standard InChI is InChI=1S/C15H13NO4/c1-11-4-2-6-13(9-17)15(11)20-10-12-5-3-7-14(8-12)16(18)19/h2-9H,10H2,1H3. The Hall–Kier alpha value is -2.69. The first-order valence-electron chi connectivity index (χ1n) is 6.02. The van der Waals surface area contributed by atoms with Crippen LogP contribution in [0.4, 0.5) is 5.69 Å². The van der Waals surface area contributed by atoms with Crippen molar-refractivity contribution in [3.05, 3.63) is 69.3 Å². The van der Waals surface area contributed by atoms with Crippen molar-refractivity contribution < 1.29 is 14.5 Å². The summed E-state index contributed by atoms with van der Waals surface area (Å²) in [5.74, 6) is 0.508. The lowest BCUT2D eigenvalue weighted by Crippen LogP contribution is -2.00. The first-order valence-corrected chi connectivity index (χ1v) is 6.02. The molecule has 0 aromatic heterocycles. The molecule has 0 fully saturated rings. The predicted octanol–water partition coefficient (Wildman–Crippen LogP) is 3.29. The molecule has 0 bridgehead atoms. The van der Waals surface area contributed by atoms with Crippen LogP contribution in [-0.2, 0) is 6.61 Å². The van der Waals surface area contributed by atoms with E-state index < -0.39 is 4.92 Å². The molecule has 0 atom stereocenters. The van der Waals surface area contributed by atoms with Crippen molar-refractivity contribution in [3.8, 4) is 5.75 Å². The van der Waals surface area contributed by atoms with Crippen molar-refractivity contribution in [1.82, 2.24) is 0 Å². The molecule has 0 aliphatic rings. The molecule has 0 saturated heterocycles. The minimum atomic E-state index is -0.450. The predicted molar refractivity (Wildman–Crippen MR) is 74.0 cm³/mol. The van der Waals surface area contributed by atoms with Crippen LogP contribution in [0.5, 0.6) is 5.75 Å². The Morgan fingerprint density at radius 1 is 1.25 bits per heavy atom. The summed E-state index contributed by atoms with van der Waals surface area (Å²) in [4.78, 5) is 21.2. The van der Waals surface area contributed by atoms with Gasteiger partial charge < -0.3 is 4.74 Å². The van der Waals surface area contributed by atoms with Crippen molar-refractivity contribution >= 4 is 12.0 Å². The summed E-state index contributed by atoms with van der Waals surface area (Å²) in [5.41, 5.74) is 2.02. The van der Waals surface area contributed by atoms with Gasteiger partial charge in [0.15, 0.2) is 6.29 Å². The molecular weight excluding hydrogens is 258 g/mol. The topological polar surface area (TPSA) is 69.4 Å². The second kappa shape index (κ2) is 5.97. The lowest BCUT2D eigenvalue weighted by Gasteiger charge is -2.11. The van der Waals surface area contributed by atoms with Gasteiger partial charge in [-0.25, -0.2) is 0 Å². The number of hydrogen-bond acceptors (Lipinski definition) is 4. The minimum Gasteiger partial charge on any atom is -0.488 e. The molecule has 2 aromatic rings. The SMILES string of the molecule is Cc1cccc(C=O)c1OCc1cccc([N+](=O)[O-])c1. The Labute approximate surface area is 116 Å². The van der Waals surface area contributed by atoms with Crippen LogP contribution in [0.15, 0.2) is 42.5 Å². The average Bonchev–Trinajstić information content (AvgIpc) is 2.46. The maximum Gasteiger partial charge on any atom is 0.269 e. The molecule has 102 valence electrons. The highest BCUT2D eigenvalue weighted by molar-refractivity contribution is 5.80. The Balaban J connectivity index is 2.19. The third-order valence-corrected chi connectivity index (χ3v) is 2.87. The first-order chi connectivity index (χ1) is 9.61. The fourth-order valence-electron chi connectivity index (χ4n) is 1.88. The zero-order valence-electron chi connectivity index (χ0n) is 10.9. The van der Waals surface area contributed by atoms with E-state index in [-0.39, 0.29) is 12.3 Å². The van der Waals surface area contributed by atoms with E-state index in [9.17, 15) is 14.9 Å². The van der Waals surface area contributed by atoms with E-state index in [4.69, 9.17) is 4.74 Å². The number of ether oxygens (including phenoxy) is 1. The number of rotatable bonds is 5. The summed E-state index contributed by atoms with van der Waals surface area (Å²) in [6, 6.07) is 11.5. The fourth-order valence-corrected chi connectivity index (χ4v) is 1.88. The van der Waals surface area contributed by atoms with E-state index in [1.807, 2.05) is 13.0 Å². The lowest BCUT2D eigenvalue weighted by molar-refractivity contribution is -0.384. The quantitative estimate of drug-likeness (QED) is 0.475. The average molecular weight is 271 g/mol. The molecule has 0 spiro atoms. The van der Waals surface area contributed by atoms with E-state index in [0.717, 1.165) is 11.8 Å². The molecule has 5 heteroatoms. The number of non-ortho nitro benzene ring substituents is 1. The molecule has 5 nitrogen and oxygen atoms in total. The van der Waals surface area contributed by atoms with Crippen molar-refractivity contribution in [3.63, 3.8) is 0 Å². The molecule has 0 amide bonds. The highest BCUT2D eigenvalue weighted by atomic mass is 16.6. The van der Waals surface area contributed by atoms with Crippen LogP contribution in [0.25, 0.3) is 0 Å². The Morgan fingerprint density at radius 3 is 2.70 bits per heavy atom. The van der Waals surface area contributed by atoms with Gasteiger partial charge in [-0.3, -0.25) is 14.9 Å². The Morgan fingerprint density at radius 2 is 2.00 bits per heavy atom. The molecular formula is C15H13NO4. The summed E-state index contributed by atoms with van der Waals surface area (Å²) >= 11 is 0. The Bertz CT molecular complexity index is 652. The second-order valence-electron chi connectivity index (χ2n) is 4.33. The highest BCUT2D eigenvalue weighted by Crippen LogP contribution is 2.23. The molecule has 0 heterocycles. The molecule has 0 unspecified atom stereocenters. The van der Waals surface area contributed by atoms with Gasteiger partial charge in [-0.05, 0) is 24.1 Å². The van der Waals surface area contributed by atoms with Gasteiger partial charge in [0.25, 0.3) is 5.69 Å². The maximum absolute atomic E-state index is 11.0. The summed E-state index contributed by atoms with van der Waals surface area (Å²) < 4.78 is 5.63. The second-order valence-corrected chi connectivity index (χ2v) is 4.33. The van der Waals surface area contributed by atoms with Crippen LogP contribution in [0.1, 0.15) is 21.5 Å². The monoisotopic (exact) mass is 271 g/mol. The normalized spacial score (nSPS) is 10.1. The van der Waals surface area contributed by atoms with Gasteiger partial charge >= 0.3 is 0 Å². The molecule has 0 aliphatic heterocycles. The third-order valence-electron chi connectivity index (χ3n) is 2.87. The fraction of sp³-hybridized carbons (Fsp3) is 0.133. The zero-order chi connectivity index (χ0) is 14.5. The van der Waals surface area contributed by atoms with E-state index >= 15 is 0 Å². The third kappa shape index (κ3) is 3.00. The number of hydrogen-bond donors (Lipinski definition) is 0. The molecule has 0 saturated carbocycles. The van der Waals surface area contributed by atoms with Gasteiger partial charge in [-0.1, -0.05) is 24.3 Å². The number of aryl methyl sites for hydroxylation is 1. The molecule has 0 radical (unpaired) electrons. The number of aldehydes is 1. The van der Waals surface area contributed by atoms with E-state index in [2.05, 4.69) is 0 Å². The minimum absolute atomic E-state index is 0.0199. The molecule has 20 heavy (non-hydrogen) atoms. The van der Waals surface area contributed by atoms with Crippen molar-refractivity contribution in [1.29, 1.82) is 0 Å². The van der Waals surface area contributed by atoms with Crippen LogP contribution in [0, 0.1) is 17.0 Å². The smallest absolute Gasteiger partial charge is 0.269 e. The van der Waals surface area contributed by atoms with Crippen molar-refractivity contribution in [2.75, 3.05) is 0 Å². The summed E-state index contributed by atoms with van der Waals surface area (Å²) in [5, 5.41) is 10.7. The number of benzene rings is 2. The van der Waals surface area contributed by atoms with Gasteiger partial charge in [0.1, 0.15) is 12.4 Å². The molecule has 2 aromatic carbocycles. The Kier molecular flexibility index (Phi) is 4.10. The van der Waals surface area contributed by atoms with E-state index in [0.29, 0.717) is 16.9 Å². The van der Waals surface area contributed by atoms with Crippen LogP contribution in [0.2, 0.25) is 0 Å². The lowest BCUT2D eigenvalue weighted by atomic mass is 10.1. The summed E-state index contributed by atoms with van der Waals surface area (Å²) in [7, 11) is 0. The van der Waals surface area contributed by atoms with Gasteiger partial charge in [0.05, 0.1) is 10.5 Å². The van der Waals surface area contributed by atoms with Crippen molar-refractivity contribution in [2.24, 2.45) is 0 Å². The number of nitro benzene ring substituents is 1. The summed E-state index contributed by atoms with van der Waals surface area (Å²) in [6.07, 6.45) is 0.732. The largest absolute Gasteiger partial charge is 0.488 e. The van der Waals surface area contributed by atoms with E-state index in [1.54, 1.807) is 24.3 Å². The first kappa shape index (κ1) is 13.7. The van der Waals surface area contributed by atoms with Gasteiger partial charge in [0, 0.05) is 12.1 Å². The zero-order valence-corrected chi connectivity index (χ0v) is 10.9. The van der Waals surface area contributed by atoms with Crippen LogP contribution < -0.4 is 4.74 Å². The number of para-hydroxylation sites is 1. The van der Waals surface area contributed by atoms with Gasteiger partial charge in [-0.2, -0.15) is 0 Å². The van der Waals surface area contributed by atoms with Gasteiger partial charge in [-0.15, -0.1) is 0 Å².